The van der Waals surface area contributed by atoms with E-state index in [0.29, 0.717) is 0 Å². The van der Waals surface area contributed by atoms with Gasteiger partial charge in [-0.15, -0.1) is 0 Å². The van der Waals surface area contributed by atoms with Gasteiger partial charge in [-0.05, 0) is 137 Å². The van der Waals surface area contributed by atoms with E-state index in [2.05, 4.69) is 276 Å². The van der Waals surface area contributed by atoms with E-state index in [4.69, 9.17) is 0 Å². The first-order valence-electron chi connectivity index (χ1n) is 23.4. The monoisotopic (exact) mass is 864 g/mol. The third-order valence-electron chi connectivity index (χ3n) is 13.8. The van der Waals surface area contributed by atoms with E-state index < -0.39 is 0 Å². The van der Waals surface area contributed by atoms with Gasteiger partial charge < -0.3 is 9.47 Å². The second-order valence-corrected chi connectivity index (χ2v) is 17.6. The molecule has 0 radical (unpaired) electrons. The van der Waals surface area contributed by atoms with E-state index in [1.807, 2.05) is 0 Å². The molecule has 13 aromatic rings. The van der Waals surface area contributed by atoms with Crippen LogP contribution in [-0.2, 0) is 0 Å². The lowest BCUT2D eigenvalue weighted by molar-refractivity contribution is 1.17. The number of benzene rings is 12. The van der Waals surface area contributed by atoms with Crippen LogP contribution in [0.1, 0.15) is 0 Å². The van der Waals surface area contributed by atoms with Crippen LogP contribution in [0.2, 0.25) is 0 Å². The van der Waals surface area contributed by atoms with Gasteiger partial charge in [0.05, 0.1) is 11.0 Å². The average Bonchev–Trinajstić information content (AvgIpc) is 3.76. The summed E-state index contributed by atoms with van der Waals surface area (Å²) in [6.07, 6.45) is 0. The second kappa shape index (κ2) is 16.5. The highest BCUT2D eigenvalue weighted by molar-refractivity contribution is 6.21. The van der Waals surface area contributed by atoms with Gasteiger partial charge in [-0.1, -0.05) is 206 Å². The van der Waals surface area contributed by atoms with Crippen LogP contribution in [-0.4, -0.2) is 4.57 Å². The molecule has 1 aromatic heterocycles. The van der Waals surface area contributed by atoms with E-state index in [-0.39, 0.29) is 0 Å². The molecule has 0 aliphatic carbocycles. The molecule has 0 saturated carbocycles. The molecule has 0 N–H and O–H groups in total. The Hall–Kier alpha value is -8.98. The zero-order valence-electron chi connectivity index (χ0n) is 37.3. The summed E-state index contributed by atoms with van der Waals surface area (Å²) in [6.45, 7) is 0. The molecular formula is C66H44N2. The fraction of sp³-hybridized carbons (Fsp3) is 0. The second-order valence-electron chi connectivity index (χ2n) is 17.6. The van der Waals surface area contributed by atoms with Crippen molar-refractivity contribution in [3.63, 3.8) is 0 Å². The fourth-order valence-electron chi connectivity index (χ4n) is 10.8. The smallest absolute Gasteiger partial charge is 0.0541 e. The van der Waals surface area contributed by atoms with Gasteiger partial charge in [0, 0.05) is 33.5 Å². The summed E-state index contributed by atoms with van der Waals surface area (Å²) < 4.78 is 2.38. The van der Waals surface area contributed by atoms with Crippen LogP contribution in [0, 0.1) is 0 Å². The quantitative estimate of drug-likeness (QED) is 0.138. The van der Waals surface area contributed by atoms with Crippen molar-refractivity contribution < 1.29 is 0 Å². The van der Waals surface area contributed by atoms with Gasteiger partial charge >= 0.3 is 0 Å². The number of hydrogen-bond donors (Lipinski definition) is 0. The molecule has 0 atom stereocenters. The molecule has 0 unspecified atom stereocenters. The highest BCUT2D eigenvalue weighted by atomic mass is 15.1. The Morgan fingerprint density at radius 2 is 0.618 bits per heavy atom. The molecule has 1 heterocycles. The number of rotatable bonds is 8. The number of anilines is 3. The third kappa shape index (κ3) is 6.57. The highest BCUT2D eigenvalue weighted by Crippen LogP contribution is 2.46. The molecule has 2 nitrogen and oxygen atoms in total. The van der Waals surface area contributed by atoms with Crippen LogP contribution in [0.3, 0.4) is 0 Å². The molecule has 13 rings (SSSR count). The van der Waals surface area contributed by atoms with Crippen LogP contribution in [0.5, 0.6) is 0 Å². The summed E-state index contributed by atoms with van der Waals surface area (Å²) >= 11 is 0. The standard InChI is InChI=1S/C66H44N2/c1-3-17-45(18-4-1)54-29-15-21-47-22-16-30-55(64(47)54)46-33-37-50(38-34-46)67(52-41-43-53(44-42-52)68-62-31-13-11-25-58(62)59-26-12-14-32-63(59)68)51-39-35-49(36-40-51)66-61-28-10-8-24-57(61)56-23-7-9-27-60(56)65(66)48-19-5-2-6-20-48/h1-44H. The number of fused-ring (bicyclic) bond motifs is 7. The van der Waals surface area contributed by atoms with Crippen molar-refractivity contribution in [3.8, 4) is 50.2 Å². The molecule has 318 valence electrons. The lowest BCUT2D eigenvalue weighted by atomic mass is 9.85. The minimum absolute atomic E-state index is 1.08. The highest BCUT2D eigenvalue weighted by Gasteiger charge is 2.20. The first kappa shape index (κ1) is 39.4. The summed E-state index contributed by atoms with van der Waals surface area (Å²) in [5.41, 5.74) is 16.5. The maximum atomic E-state index is 2.39. The Morgan fingerprint density at radius 1 is 0.250 bits per heavy atom. The molecule has 0 spiro atoms. The van der Waals surface area contributed by atoms with E-state index in [9.17, 15) is 0 Å². The van der Waals surface area contributed by atoms with E-state index in [0.717, 1.165) is 22.7 Å². The van der Waals surface area contributed by atoms with E-state index in [1.165, 1.54) is 98.6 Å². The maximum Gasteiger partial charge on any atom is 0.0541 e. The maximum absolute atomic E-state index is 2.39. The molecule has 0 amide bonds. The molecule has 0 aliphatic rings. The van der Waals surface area contributed by atoms with Gasteiger partial charge in [0.1, 0.15) is 0 Å². The van der Waals surface area contributed by atoms with Gasteiger partial charge in [-0.3, -0.25) is 0 Å². The number of para-hydroxylation sites is 2. The van der Waals surface area contributed by atoms with Crippen molar-refractivity contribution in [2.45, 2.75) is 0 Å². The normalized spacial score (nSPS) is 11.5. The van der Waals surface area contributed by atoms with Gasteiger partial charge in [0.25, 0.3) is 0 Å². The van der Waals surface area contributed by atoms with Crippen molar-refractivity contribution in [2.75, 3.05) is 4.90 Å². The summed E-state index contributed by atoms with van der Waals surface area (Å²) in [6, 6.07) is 97.4. The molecule has 0 bridgehead atoms. The molecule has 0 aliphatic heterocycles. The number of hydrogen-bond acceptors (Lipinski definition) is 1. The average molecular weight is 865 g/mol. The minimum Gasteiger partial charge on any atom is -0.311 e. The van der Waals surface area contributed by atoms with Gasteiger partial charge in [-0.25, -0.2) is 0 Å². The van der Waals surface area contributed by atoms with Gasteiger partial charge in [0.2, 0.25) is 0 Å². The lowest BCUT2D eigenvalue weighted by Crippen LogP contribution is -2.10. The molecule has 0 fully saturated rings. The third-order valence-corrected chi connectivity index (χ3v) is 13.8. The van der Waals surface area contributed by atoms with Crippen molar-refractivity contribution in [1.82, 2.24) is 4.57 Å². The summed E-state index contributed by atoms with van der Waals surface area (Å²) in [5.74, 6) is 0. The SMILES string of the molecule is c1ccc(-c2c(-c3ccc(N(c4ccc(-c5cccc6cccc(-c7ccccc7)c56)cc4)c4ccc(-n5c6ccccc6c6ccccc65)cc4)cc3)c3ccccc3c3ccccc23)cc1. The van der Waals surface area contributed by atoms with Crippen LogP contribution in [0.4, 0.5) is 17.1 Å². The largest absolute Gasteiger partial charge is 0.311 e. The Morgan fingerprint density at radius 3 is 1.12 bits per heavy atom. The first-order valence-corrected chi connectivity index (χ1v) is 23.4. The number of nitrogens with zero attached hydrogens (tertiary/aromatic N) is 2. The number of aromatic nitrogens is 1. The minimum atomic E-state index is 1.08. The van der Waals surface area contributed by atoms with Crippen LogP contribution >= 0.6 is 0 Å². The van der Waals surface area contributed by atoms with E-state index >= 15 is 0 Å². The molecule has 68 heavy (non-hydrogen) atoms. The van der Waals surface area contributed by atoms with Crippen LogP contribution in [0.15, 0.2) is 267 Å². The zero-order valence-corrected chi connectivity index (χ0v) is 37.3. The van der Waals surface area contributed by atoms with Crippen molar-refractivity contribution >= 4 is 71.2 Å². The predicted octanol–water partition coefficient (Wildman–Crippen LogP) is 18.4. The summed E-state index contributed by atoms with van der Waals surface area (Å²) in [5, 5.41) is 10.0. The predicted molar refractivity (Wildman–Crippen MR) is 290 cm³/mol. The Labute approximate surface area is 395 Å². The van der Waals surface area contributed by atoms with Crippen molar-refractivity contribution in [1.29, 1.82) is 0 Å². The topological polar surface area (TPSA) is 8.17 Å². The fourth-order valence-corrected chi connectivity index (χ4v) is 10.8. The Kier molecular flexibility index (Phi) is 9.54. The van der Waals surface area contributed by atoms with Gasteiger partial charge in [0.15, 0.2) is 0 Å². The Bertz CT molecular complexity index is 3920. The first-order chi connectivity index (χ1) is 33.8. The van der Waals surface area contributed by atoms with Gasteiger partial charge in [-0.2, -0.15) is 0 Å². The molecule has 0 saturated heterocycles. The van der Waals surface area contributed by atoms with Crippen molar-refractivity contribution in [3.05, 3.63) is 267 Å². The molecule has 12 aromatic carbocycles. The Balaban J connectivity index is 0.963. The van der Waals surface area contributed by atoms with E-state index in [1.54, 1.807) is 0 Å². The summed E-state index contributed by atoms with van der Waals surface area (Å²) in [4.78, 5) is 2.39. The zero-order chi connectivity index (χ0) is 45.0. The molecule has 2 heteroatoms. The van der Waals surface area contributed by atoms with Crippen LogP contribution in [0.25, 0.3) is 104 Å². The molecular weight excluding hydrogens is 821 g/mol. The van der Waals surface area contributed by atoms with Crippen molar-refractivity contribution in [2.24, 2.45) is 0 Å². The summed E-state index contributed by atoms with van der Waals surface area (Å²) in [7, 11) is 0. The van der Waals surface area contributed by atoms with Crippen LogP contribution < -0.4 is 4.90 Å². The lowest BCUT2D eigenvalue weighted by Gasteiger charge is -2.27.